The number of hydrogen-bond acceptors (Lipinski definition) is 3. The average molecular weight is 379 g/mol. The Balaban J connectivity index is 1.57. The summed E-state index contributed by atoms with van der Waals surface area (Å²) in [6, 6.07) is 9.46. The highest BCUT2D eigenvalue weighted by Gasteiger charge is 2.40. The Morgan fingerprint density at radius 2 is 1.78 bits per heavy atom. The van der Waals surface area contributed by atoms with Gasteiger partial charge in [0.1, 0.15) is 6.04 Å². The van der Waals surface area contributed by atoms with Gasteiger partial charge in [0.15, 0.2) is 0 Å². The minimum absolute atomic E-state index is 0.112. The molecule has 27 heavy (non-hydrogen) atoms. The van der Waals surface area contributed by atoms with E-state index in [1.165, 1.54) is 5.56 Å². The van der Waals surface area contributed by atoms with E-state index in [-0.39, 0.29) is 44.1 Å². The molecule has 2 fully saturated rings. The number of carbonyl (C=O) groups excluding carboxylic acids is 2. The number of alkyl halides is 2. The number of hydrogen-bond donors (Lipinski definition) is 1. The summed E-state index contributed by atoms with van der Waals surface area (Å²) >= 11 is 0. The van der Waals surface area contributed by atoms with Crippen LogP contribution in [0.5, 0.6) is 0 Å². The van der Waals surface area contributed by atoms with Gasteiger partial charge < -0.3 is 10.6 Å². The van der Waals surface area contributed by atoms with Gasteiger partial charge >= 0.3 is 0 Å². The van der Waals surface area contributed by atoms with E-state index in [0.717, 1.165) is 6.42 Å². The second kappa shape index (κ2) is 8.33. The Bertz CT molecular complexity index is 658. The molecule has 2 aliphatic rings. The van der Waals surface area contributed by atoms with E-state index in [0.29, 0.717) is 19.6 Å². The number of halogens is 2. The molecule has 5 nitrogen and oxygen atoms in total. The topological polar surface area (TPSA) is 66.6 Å². The molecule has 148 valence electrons. The Morgan fingerprint density at radius 1 is 1.11 bits per heavy atom. The third-order valence-corrected chi connectivity index (χ3v) is 5.73. The molecule has 0 aromatic heterocycles. The number of primary amides is 1. The third kappa shape index (κ3) is 5.03. The first-order valence-electron chi connectivity index (χ1n) is 9.60. The standard InChI is InChI=1S/C20H27F2N3O2/c21-20(22)9-6-16(7-10-20)19(27)25-13-12-24(17(14-25)18(23)26)11-8-15-4-2-1-3-5-15/h1-5,16-17H,6-14H2,(H2,23,26)/t17-/m0/s1. The summed E-state index contributed by atoms with van der Waals surface area (Å²) < 4.78 is 26.7. The summed E-state index contributed by atoms with van der Waals surface area (Å²) in [5, 5.41) is 0. The lowest BCUT2D eigenvalue weighted by Crippen LogP contribution is -2.60. The summed E-state index contributed by atoms with van der Waals surface area (Å²) in [7, 11) is 0. The third-order valence-electron chi connectivity index (χ3n) is 5.73. The summed E-state index contributed by atoms with van der Waals surface area (Å²) in [4.78, 5) is 28.3. The minimum Gasteiger partial charge on any atom is -0.368 e. The normalized spacial score (nSPS) is 23.9. The number of nitrogens with two attached hydrogens (primary N) is 1. The highest BCUT2D eigenvalue weighted by Crippen LogP contribution is 2.37. The summed E-state index contributed by atoms with van der Waals surface area (Å²) in [5.74, 6) is -3.58. The van der Waals surface area contributed by atoms with E-state index in [9.17, 15) is 18.4 Å². The Morgan fingerprint density at radius 3 is 2.41 bits per heavy atom. The van der Waals surface area contributed by atoms with Crippen molar-refractivity contribution in [2.24, 2.45) is 11.7 Å². The summed E-state index contributed by atoms with van der Waals surface area (Å²) in [6.07, 6.45) is 0.748. The Kier molecular flexibility index (Phi) is 6.09. The van der Waals surface area contributed by atoms with Gasteiger partial charge in [-0.2, -0.15) is 0 Å². The molecular weight excluding hydrogens is 352 g/mol. The maximum Gasteiger partial charge on any atom is 0.248 e. The smallest absolute Gasteiger partial charge is 0.248 e. The Labute approximate surface area is 158 Å². The summed E-state index contributed by atoms with van der Waals surface area (Å²) in [5.41, 5.74) is 6.77. The van der Waals surface area contributed by atoms with Gasteiger partial charge in [0.05, 0.1) is 0 Å². The van der Waals surface area contributed by atoms with Gasteiger partial charge in [-0.25, -0.2) is 8.78 Å². The van der Waals surface area contributed by atoms with Crippen molar-refractivity contribution in [1.29, 1.82) is 0 Å². The Hall–Kier alpha value is -2.02. The van der Waals surface area contributed by atoms with Crippen molar-refractivity contribution < 1.29 is 18.4 Å². The van der Waals surface area contributed by atoms with E-state index in [4.69, 9.17) is 5.73 Å². The molecular formula is C20H27F2N3O2. The van der Waals surface area contributed by atoms with E-state index in [1.54, 1.807) is 4.90 Å². The van der Waals surface area contributed by atoms with Crippen LogP contribution < -0.4 is 5.73 Å². The first-order chi connectivity index (χ1) is 12.9. The van der Waals surface area contributed by atoms with Gasteiger partial charge in [0.25, 0.3) is 0 Å². The second-order valence-electron chi connectivity index (χ2n) is 7.60. The predicted molar refractivity (Wildman–Crippen MR) is 98.2 cm³/mol. The van der Waals surface area contributed by atoms with Crippen LogP contribution in [0.2, 0.25) is 0 Å². The monoisotopic (exact) mass is 379 g/mol. The molecule has 1 aromatic rings. The molecule has 1 saturated heterocycles. The second-order valence-corrected chi connectivity index (χ2v) is 7.60. The fourth-order valence-corrected chi connectivity index (χ4v) is 4.02. The molecule has 0 bridgehead atoms. The lowest BCUT2D eigenvalue weighted by Gasteiger charge is -2.41. The van der Waals surface area contributed by atoms with E-state index in [2.05, 4.69) is 0 Å². The largest absolute Gasteiger partial charge is 0.368 e. The maximum absolute atomic E-state index is 13.3. The zero-order valence-electron chi connectivity index (χ0n) is 15.4. The van der Waals surface area contributed by atoms with Gasteiger partial charge in [0, 0.05) is 44.9 Å². The van der Waals surface area contributed by atoms with Crippen LogP contribution in [-0.2, 0) is 16.0 Å². The van der Waals surface area contributed by atoms with Crippen LogP contribution >= 0.6 is 0 Å². The first-order valence-corrected chi connectivity index (χ1v) is 9.60. The predicted octanol–water partition coefficient (Wildman–Crippen LogP) is 2.05. The van der Waals surface area contributed by atoms with Crippen LogP contribution in [0.15, 0.2) is 30.3 Å². The molecule has 7 heteroatoms. The van der Waals surface area contributed by atoms with Crippen molar-refractivity contribution in [3.8, 4) is 0 Å². The van der Waals surface area contributed by atoms with Crippen molar-refractivity contribution in [1.82, 2.24) is 9.80 Å². The van der Waals surface area contributed by atoms with Crippen LogP contribution in [0.25, 0.3) is 0 Å². The lowest BCUT2D eigenvalue weighted by atomic mass is 9.85. The molecule has 3 rings (SSSR count). The van der Waals surface area contributed by atoms with Crippen molar-refractivity contribution in [2.75, 3.05) is 26.2 Å². The quantitative estimate of drug-likeness (QED) is 0.852. The van der Waals surface area contributed by atoms with Gasteiger partial charge in [-0.05, 0) is 24.8 Å². The fourth-order valence-electron chi connectivity index (χ4n) is 4.02. The maximum atomic E-state index is 13.3. The highest BCUT2D eigenvalue weighted by molar-refractivity contribution is 5.83. The van der Waals surface area contributed by atoms with Crippen molar-refractivity contribution >= 4 is 11.8 Å². The molecule has 2 N–H and O–H groups in total. The molecule has 1 atom stereocenters. The molecule has 0 radical (unpaired) electrons. The van der Waals surface area contributed by atoms with Gasteiger partial charge in [-0.15, -0.1) is 0 Å². The van der Waals surface area contributed by atoms with E-state index in [1.807, 2.05) is 35.2 Å². The zero-order chi connectivity index (χ0) is 19.4. The SMILES string of the molecule is NC(=O)[C@@H]1CN(C(=O)C2CCC(F)(F)CC2)CCN1CCc1ccccc1. The molecule has 1 aromatic carbocycles. The van der Waals surface area contributed by atoms with Gasteiger partial charge in [0.2, 0.25) is 17.7 Å². The van der Waals surface area contributed by atoms with Crippen LogP contribution in [0.1, 0.15) is 31.2 Å². The molecule has 1 aliphatic heterocycles. The lowest BCUT2D eigenvalue weighted by molar-refractivity contribution is -0.144. The van der Waals surface area contributed by atoms with Gasteiger partial charge in [-0.1, -0.05) is 30.3 Å². The fraction of sp³-hybridized carbons (Fsp3) is 0.600. The number of piperazine rings is 1. The highest BCUT2D eigenvalue weighted by atomic mass is 19.3. The summed E-state index contributed by atoms with van der Waals surface area (Å²) in [6.45, 7) is 2.00. The molecule has 1 aliphatic carbocycles. The van der Waals surface area contributed by atoms with Crippen LogP contribution in [0.4, 0.5) is 8.78 Å². The number of nitrogens with zero attached hydrogens (tertiary/aromatic N) is 2. The van der Waals surface area contributed by atoms with Crippen LogP contribution in [0, 0.1) is 5.92 Å². The average Bonchev–Trinajstić information content (AvgIpc) is 2.66. The van der Waals surface area contributed by atoms with Crippen molar-refractivity contribution in [3.05, 3.63) is 35.9 Å². The first kappa shape index (κ1) is 19.7. The van der Waals surface area contributed by atoms with Crippen LogP contribution in [0.3, 0.4) is 0 Å². The molecule has 0 unspecified atom stereocenters. The number of benzene rings is 1. The van der Waals surface area contributed by atoms with E-state index < -0.39 is 17.9 Å². The molecule has 1 saturated carbocycles. The number of rotatable bonds is 5. The van der Waals surface area contributed by atoms with Crippen molar-refractivity contribution in [3.63, 3.8) is 0 Å². The van der Waals surface area contributed by atoms with Gasteiger partial charge in [-0.3, -0.25) is 14.5 Å². The number of carbonyl (C=O) groups is 2. The molecule has 1 heterocycles. The molecule has 2 amide bonds. The minimum atomic E-state index is -2.65. The van der Waals surface area contributed by atoms with Crippen molar-refractivity contribution in [2.45, 2.75) is 44.1 Å². The molecule has 0 spiro atoms. The van der Waals surface area contributed by atoms with Crippen LogP contribution in [-0.4, -0.2) is 59.8 Å². The zero-order valence-corrected chi connectivity index (χ0v) is 15.4. The van der Waals surface area contributed by atoms with E-state index >= 15 is 0 Å². The number of amides is 2.